The van der Waals surface area contributed by atoms with E-state index in [0.717, 1.165) is 33.9 Å². The van der Waals surface area contributed by atoms with E-state index in [2.05, 4.69) is 29.2 Å². The molecule has 2 fully saturated rings. The maximum absolute atomic E-state index is 12.2. The van der Waals surface area contributed by atoms with E-state index in [0.29, 0.717) is 17.8 Å². The maximum atomic E-state index is 12.2. The molecule has 0 unspecified atom stereocenters. The van der Waals surface area contributed by atoms with Crippen LogP contribution in [0.2, 0.25) is 0 Å². The van der Waals surface area contributed by atoms with Gasteiger partial charge in [0, 0.05) is 16.0 Å². The molecule has 2 aliphatic carbocycles. The molecule has 0 spiro atoms. The highest BCUT2D eigenvalue weighted by Gasteiger charge is 2.54. The van der Waals surface area contributed by atoms with Crippen LogP contribution in [0.4, 0.5) is 0 Å². The number of aromatic amines is 1. The van der Waals surface area contributed by atoms with Crippen LogP contribution in [0.3, 0.4) is 0 Å². The van der Waals surface area contributed by atoms with Crippen LogP contribution in [0, 0.1) is 17.8 Å². The van der Waals surface area contributed by atoms with Crippen molar-refractivity contribution in [3.05, 3.63) is 74.2 Å². The molecule has 1 aliphatic heterocycles. The Bertz CT molecular complexity index is 1160. The summed E-state index contributed by atoms with van der Waals surface area (Å²) in [6.45, 7) is 0.509. The van der Waals surface area contributed by atoms with Crippen molar-refractivity contribution in [2.45, 2.75) is 42.1 Å². The minimum atomic E-state index is 0.0598. The first-order valence-electron chi connectivity index (χ1n) is 11.0. The monoisotopic (exact) mass is 451 g/mol. The largest absolute Gasteiger partial charge is 0.493 e. The molecule has 2 saturated carbocycles. The van der Waals surface area contributed by atoms with Crippen molar-refractivity contribution < 1.29 is 9.47 Å². The molecule has 3 aliphatic rings. The summed E-state index contributed by atoms with van der Waals surface area (Å²) in [5.74, 6) is 3.93. The maximum Gasteiger partial charge on any atom is 0.305 e. The first kappa shape index (κ1) is 19.5. The fourth-order valence-electron chi connectivity index (χ4n) is 5.95. The van der Waals surface area contributed by atoms with Crippen molar-refractivity contribution in [3.63, 3.8) is 0 Å². The lowest BCUT2D eigenvalue weighted by Gasteiger charge is -2.40. The Morgan fingerprint density at radius 1 is 1.06 bits per heavy atom. The van der Waals surface area contributed by atoms with Crippen LogP contribution in [0.25, 0.3) is 0 Å². The lowest BCUT2D eigenvalue weighted by atomic mass is 9.75. The number of hydrogen-bond donors (Lipinski definition) is 1. The fraction of sp³-hybridized carbons (Fsp3) is 0.400. The van der Waals surface area contributed by atoms with Crippen LogP contribution in [-0.4, -0.2) is 17.3 Å². The van der Waals surface area contributed by atoms with Gasteiger partial charge < -0.3 is 14.5 Å². The highest BCUT2D eigenvalue weighted by Crippen LogP contribution is 2.63. The Labute approximate surface area is 190 Å². The van der Waals surface area contributed by atoms with E-state index in [1.807, 2.05) is 36.0 Å². The number of hydrogen-bond acceptors (Lipinski definition) is 5. The zero-order valence-electron chi connectivity index (χ0n) is 17.4. The fourth-order valence-corrected chi connectivity index (χ4v) is 8.85. The average molecular weight is 452 g/mol. The van der Waals surface area contributed by atoms with Crippen molar-refractivity contribution in [1.82, 2.24) is 4.98 Å². The van der Waals surface area contributed by atoms with Gasteiger partial charge >= 0.3 is 4.87 Å². The molecule has 31 heavy (non-hydrogen) atoms. The molecular weight excluding hydrogens is 426 g/mol. The average Bonchev–Trinajstić information content (AvgIpc) is 3.51. The highest BCUT2D eigenvalue weighted by atomic mass is 32.2. The molecule has 5 atom stereocenters. The number of methoxy groups -OCH3 is 1. The summed E-state index contributed by atoms with van der Waals surface area (Å²) >= 11 is 3.32. The topological polar surface area (TPSA) is 51.3 Å². The van der Waals surface area contributed by atoms with Crippen molar-refractivity contribution in [3.8, 4) is 11.5 Å². The molecule has 0 radical (unpaired) electrons. The van der Waals surface area contributed by atoms with Gasteiger partial charge in [-0.05, 0) is 60.3 Å². The summed E-state index contributed by atoms with van der Waals surface area (Å²) in [4.78, 5) is 16.6. The zero-order valence-corrected chi connectivity index (χ0v) is 19.0. The zero-order chi connectivity index (χ0) is 20.9. The highest BCUT2D eigenvalue weighted by molar-refractivity contribution is 8.00. The Kier molecular flexibility index (Phi) is 4.87. The number of H-pyrrole nitrogens is 1. The number of aromatic nitrogens is 1. The summed E-state index contributed by atoms with van der Waals surface area (Å²) in [6, 6.07) is 16.5. The van der Waals surface area contributed by atoms with Gasteiger partial charge in [0.05, 0.1) is 12.1 Å². The standard InChI is InChI=1S/C25H25NO3S2/c1-28-19-12-16(9-10-18(19)29-13-14-5-3-2-4-6-14)21-20-15-7-8-17(11-15)22(20)30-24-23(21)31-25(27)26-24/h2-6,9-10,12,15,17,20-22H,7-8,11,13H2,1H3,(H,26,27)/t15-,17+,20+,21+,22-/m0/s1. The van der Waals surface area contributed by atoms with E-state index in [9.17, 15) is 4.79 Å². The quantitative estimate of drug-likeness (QED) is 0.543. The molecule has 6 heteroatoms. The van der Waals surface area contributed by atoms with Gasteiger partial charge in [0.15, 0.2) is 11.5 Å². The smallest absolute Gasteiger partial charge is 0.305 e. The van der Waals surface area contributed by atoms with Gasteiger partial charge in [0.1, 0.15) is 6.61 Å². The van der Waals surface area contributed by atoms with Crippen LogP contribution in [-0.2, 0) is 6.61 Å². The van der Waals surface area contributed by atoms with Crippen LogP contribution >= 0.6 is 23.1 Å². The Hall–Kier alpha value is -2.18. The van der Waals surface area contributed by atoms with Gasteiger partial charge in [0.2, 0.25) is 0 Å². The van der Waals surface area contributed by atoms with E-state index in [-0.39, 0.29) is 10.8 Å². The number of thiazole rings is 1. The van der Waals surface area contributed by atoms with Crippen LogP contribution < -0.4 is 14.3 Å². The number of thioether (sulfide) groups is 1. The minimum Gasteiger partial charge on any atom is -0.493 e. The first-order chi connectivity index (χ1) is 15.2. The second-order valence-corrected chi connectivity index (χ2v) is 11.1. The van der Waals surface area contributed by atoms with Crippen molar-refractivity contribution in [2.75, 3.05) is 7.11 Å². The number of fused-ring (bicyclic) bond motifs is 6. The van der Waals surface area contributed by atoms with Gasteiger partial charge in [-0.3, -0.25) is 4.79 Å². The van der Waals surface area contributed by atoms with E-state index in [4.69, 9.17) is 9.47 Å². The Morgan fingerprint density at radius 3 is 2.74 bits per heavy atom. The Balaban J connectivity index is 1.35. The molecule has 2 aromatic carbocycles. The lowest BCUT2D eigenvalue weighted by Crippen LogP contribution is -2.33. The summed E-state index contributed by atoms with van der Waals surface area (Å²) in [7, 11) is 1.70. The van der Waals surface area contributed by atoms with Gasteiger partial charge in [-0.1, -0.05) is 47.7 Å². The van der Waals surface area contributed by atoms with Gasteiger partial charge in [0.25, 0.3) is 0 Å². The van der Waals surface area contributed by atoms with E-state index < -0.39 is 0 Å². The summed E-state index contributed by atoms with van der Waals surface area (Å²) in [5.41, 5.74) is 2.37. The number of rotatable bonds is 5. The number of nitrogens with one attached hydrogen (secondary N) is 1. The summed E-state index contributed by atoms with van der Waals surface area (Å²) in [5, 5.41) is 1.71. The van der Waals surface area contributed by atoms with Crippen molar-refractivity contribution in [2.24, 2.45) is 17.8 Å². The minimum absolute atomic E-state index is 0.0598. The molecule has 0 saturated heterocycles. The van der Waals surface area contributed by atoms with Crippen LogP contribution in [0.1, 0.15) is 41.2 Å². The normalized spacial score (nSPS) is 28.2. The molecule has 4 nitrogen and oxygen atoms in total. The van der Waals surface area contributed by atoms with Crippen molar-refractivity contribution in [1.29, 1.82) is 0 Å². The SMILES string of the molecule is COc1cc([C@H]2c3sc(=O)[nH]c3S[C@H]3[C@@H]4CC[C@@H](C4)[C@H]23)ccc1OCc1ccccc1. The van der Waals surface area contributed by atoms with E-state index in [1.54, 1.807) is 7.11 Å². The number of ether oxygens (including phenoxy) is 2. The van der Waals surface area contributed by atoms with E-state index >= 15 is 0 Å². The Morgan fingerprint density at radius 2 is 1.90 bits per heavy atom. The molecule has 6 rings (SSSR count). The molecule has 1 N–H and O–H groups in total. The molecular formula is C25H25NO3S2. The van der Waals surface area contributed by atoms with Gasteiger partial charge in [-0.25, -0.2) is 0 Å². The van der Waals surface area contributed by atoms with Gasteiger partial charge in [-0.15, -0.1) is 11.8 Å². The summed E-state index contributed by atoms with van der Waals surface area (Å²) < 4.78 is 11.8. The molecule has 2 heterocycles. The molecule has 2 bridgehead atoms. The summed E-state index contributed by atoms with van der Waals surface area (Å²) in [6.07, 6.45) is 4.01. The third-order valence-corrected chi connectivity index (χ3v) is 9.87. The third kappa shape index (κ3) is 3.31. The predicted molar refractivity (Wildman–Crippen MR) is 125 cm³/mol. The van der Waals surface area contributed by atoms with Crippen LogP contribution in [0.15, 0.2) is 58.4 Å². The first-order valence-corrected chi connectivity index (χ1v) is 12.6. The van der Waals surface area contributed by atoms with Crippen molar-refractivity contribution >= 4 is 23.1 Å². The number of benzene rings is 2. The second-order valence-electron chi connectivity index (χ2n) is 8.86. The van der Waals surface area contributed by atoms with E-state index in [1.165, 1.54) is 41.0 Å². The molecule has 160 valence electrons. The second kappa shape index (κ2) is 7.75. The molecule has 1 aromatic heterocycles. The van der Waals surface area contributed by atoms with Gasteiger partial charge in [-0.2, -0.15) is 0 Å². The lowest BCUT2D eigenvalue weighted by molar-refractivity contribution is 0.282. The molecule has 0 amide bonds. The van der Waals surface area contributed by atoms with Crippen LogP contribution in [0.5, 0.6) is 11.5 Å². The molecule has 3 aromatic rings. The predicted octanol–water partition coefficient (Wildman–Crippen LogP) is 5.68. The third-order valence-electron chi connectivity index (χ3n) is 7.25.